The maximum Gasteiger partial charge on any atom is 0.142 e. The summed E-state index contributed by atoms with van der Waals surface area (Å²) in [5.74, 6) is 0.629. The molecule has 3 N–H and O–H groups in total. The van der Waals surface area contributed by atoms with Crippen LogP contribution in [0.1, 0.15) is 11.1 Å². The van der Waals surface area contributed by atoms with Gasteiger partial charge in [0.1, 0.15) is 18.1 Å². The van der Waals surface area contributed by atoms with Crippen molar-refractivity contribution in [3.8, 4) is 11.5 Å². The van der Waals surface area contributed by atoms with Crippen LogP contribution in [-0.2, 0) is 6.61 Å². The van der Waals surface area contributed by atoms with Crippen molar-refractivity contribution in [2.75, 3.05) is 5.73 Å². The van der Waals surface area contributed by atoms with E-state index in [4.69, 9.17) is 10.5 Å². The SMILES string of the molecule is C=Cc1ccc(COc2ccc(N)c(O)c2)cc1. The number of nitrogens with two attached hydrogens (primary N) is 1. The minimum absolute atomic E-state index is 0.0366. The molecule has 2 rings (SSSR count). The van der Waals surface area contributed by atoms with Gasteiger partial charge in [0.2, 0.25) is 0 Å². The molecule has 0 aliphatic heterocycles. The van der Waals surface area contributed by atoms with Gasteiger partial charge in [-0.05, 0) is 23.3 Å². The van der Waals surface area contributed by atoms with Crippen molar-refractivity contribution in [1.29, 1.82) is 0 Å². The fourth-order valence-electron chi connectivity index (χ4n) is 1.53. The first-order valence-electron chi connectivity index (χ1n) is 5.61. The minimum atomic E-state index is 0.0366. The number of phenols is 1. The van der Waals surface area contributed by atoms with Crippen LogP contribution in [0.4, 0.5) is 5.69 Å². The third-order valence-electron chi connectivity index (χ3n) is 2.62. The predicted molar refractivity (Wildman–Crippen MR) is 73.4 cm³/mol. The normalized spacial score (nSPS) is 10.0. The van der Waals surface area contributed by atoms with E-state index in [-0.39, 0.29) is 5.75 Å². The molecule has 0 radical (unpaired) electrons. The van der Waals surface area contributed by atoms with E-state index >= 15 is 0 Å². The zero-order chi connectivity index (χ0) is 13.0. The Hall–Kier alpha value is -2.42. The lowest BCUT2D eigenvalue weighted by molar-refractivity contribution is 0.304. The first-order chi connectivity index (χ1) is 8.69. The quantitative estimate of drug-likeness (QED) is 0.638. The van der Waals surface area contributed by atoms with Crippen molar-refractivity contribution in [3.63, 3.8) is 0 Å². The summed E-state index contributed by atoms with van der Waals surface area (Å²) in [4.78, 5) is 0. The molecular formula is C15H15NO2. The van der Waals surface area contributed by atoms with Gasteiger partial charge in [-0.15, -0.1) is 0 Å². The molecule has 0 unspecified atom stereocenters. The highest BCUT2D eigenvalue weighted by Crippen LogP contribution is 2.25. The molecule has 3 heteroatoms. The molecule has 0 amide bonds. The average Bonchev–Trinajstić information content (AvgIpc) is 2.41. The zero-order valence-corrected chi connectivity index (χ0v) is 9.97. The van der Waals surface area contributed by atoms with Crippen LogP contribution in [0.5, 0.6) is 11.5 Å². The Morgan fingerprint density at radius 3 is 2.50 bits per heavy atom. The van der Waals surface area contributed by atoms with Crippen molar-refractivity contribution in [2.45, 2.75) is 6.61 Å². The molecule has 0 atom stereocenters. The van der Waals surface area contributed by atoms with Crippen LogP contribution in [0.2, 0.25) is 0 Å². The monoisotopic (exact) mass is 241 g/mol. The molecule has 0 aliphatic carbocycles. The van der Waals surface area contributed by atoms with E-state index in [1.807, 2.05) is 24.3 Å². The summed E-state index contributed by atoms with van der Waals surface area (Å²) in [6.45, 7) is 4.15. The lowest BCUT2D eigenvalue weighted by atomic mass is 10.1. The Bertz CT molecular complexity index is 547. The highest BCUT2D eigenvalue weighted by molar-refractivity contribution is 5.54. The van der Waals surface area contributed by atoms with Gasteiger partial charge in [0.15, 0.2) is 0 Å². The van der Waals surface area contributed by atoms with Gasteiger partial charge in [0.05, 0.1) is 5.69 Å². The van der Waals surface area contributed by atoms with E-state index in [2.05, 4.69) is 6.58 Å². The van der Waals surface area contributed by atoms with Crippen molar-refractivity contribution in [3.05, 3.63) is 60.2 Å². The molecule has 0 spiro atoms. The summed E-state index contributed by atoms with van der Waals surface area (Å²) in [7, 11) is 0. The summed E-state index contributed by atoms with van der Waals surface area (Å²) >= 11 is 0. The van der Waals surface area contributed by atoms with Gasteiger partial charge in [-0.3, -0.25) is 0 Å². The van der Waals surface area contributed by atoms with Gasteiger partial charge in [-0.25, -0.2) is 0 Å². The molecule has 0 aliphatic rings. The van der Waals surface area contributed by atoms with Crippen LogP contribution in [-0.4, -0.2) is 5.11 Å². The Morgan fingerprint density at radius 1 is 1.17 bits per heavy atom. The molecule has 92 valence electrons. The van der Waals surface area contributed by atoms with Gasteiger partial charge in [0.25, 0.3) is 0 Å². The van der Waals surface area contributed by atoms with Crippen molar-refractivity contribution in [1.82, 2.24) is 0 Å². The number of rotatable bonds is 4. The van der Waals surface area contributed by atoms with Gasteiger partial charge in [-0.2, -0.15) is 0 Å². The smallest absolute Gasteiger partial charge is 0.142 e. The lowest BCUT2D eigenvalue weighted by Gasteiger charge is -2.08. The largest absolute Gasteiger partial charge is 0.506 e. The van der Waals surface area contributed by atoms with Crippen LogP contribution < -0.4 is 10.5 Å². The van der Waals surface area contributed by atoms with Gasteiger partial charge in [-0.1, -0.05) is 36.9 Å². The lowest BCUT2D eigenvalue weighted by Crippen LogP contribution is -1.95. The standard InChI is InChI=1S/C15H15NO2/c1-2-11-3-5-12(6-4-11)10-18-13-7-8-14(16)15(17)9-13/h2-9,17H,1,10,16H2. The Kier molecular flexibility index (Phi) is 3.53. The van der Waals surface area contributed by atoms with Crippen LogP contribution in [0, 0.1) is 0 Å². The van der Waals surface area contributed by atoms with E-state index in [9.17, 15) is 5.11 Å². The summed E-state index contributed by atoms with van der Waals surface area (Å²) in [6.07, 6.45) is 1.79. The van der Waals surface area contributed by atoms with Gasteiger partial charge in [0, 0.05) is 6.07 Å². The summed E-state index contributed by atoms with van der Waals surface area (Å²) < 4.78 is 5.56. The predicted octanol–water partition coefficient (Wildman–Crippen LogP) is 3.20. The number of ether oxygens (including phenoxy) is 1. The second-order valence-electron chi connectivity index (χ2n) is 3.96. The Morgan fingerprint density at radius 2 is 1.89 bits per heavy atom. The fourth-order valence-corrected chi connectivity index (χ4v) is 1.53. The molecule has 2 aromatic rings. The molecular weight excluding hydrogens is 226 g/mol. The molecule has 0 aromatic heterocycles. The minimum Gasteiger partial charge on any atom is -0.506 e. The first-order valence-corrected chi connectivity index (χ1v) is 5.61. The second kappa shape index (κ2) is 5.27. The van der Waals surface area contributed by atoms with E-state index in [1.165, 1.54) is 6.07 Å². The molecule has 0 saturated carbocycles. The van der Waals surface area contributed by atoms with Gasteiger partial charge >= 0.3 is 0 Å². The van der Waals surface area contributed by atoms with E-state index < -0.39 is 0 Å². The van der Waals surface area contributed by atoms with E-state index in [1.54, 1.807) is 18.2 Å². The topological polar surface area (TPSA) is 55.5 Å². The number of benzene rings is 2. The zero-order valence-electron chi connectivity index (χ0n) is 9.97. The van der Waals surface area contributed by atoms with Crippen LogP contribution in [0.15, 0.2) is 49.0 Å². The Labute approximate surface area is 106 Å². The molecule has 3 nitrogen and oxygen atoms in total. The number of aromatic hydroxyl groups is 1. The third-order valence-corrected chi connectivity index (χ3v) is 2.62. The summed E-state index contributed by atoms with van der Waals surface area (Å²) in [5.41, 5.74) is 7.98. The maximum absolute atomic E-state index is 9.45. The number of anilines is 1. The molecule has 0 saturated heterocycles. The van der Waals surface area contributed by atoms with Gasteiger partial charge < -0.3 is 15.6 Å². The maximum atomic E-state index is 9.45. The number of phenolic OH excluding ortho intramolecular Hbond substituents is 1. The van der Waals surface area contributed by atoms with Crippen molar-refractivity contribution in [2.24, 2.45) is 0 Å². The Balaban J connectivity index is 2.01. The molecule has 0 bridgehead atoms. The fraction of sp³-hybridized carbons (Fsp3) is 0.0667. The molecule has 0 heterocycles. The second-order valence-corrected chi connectivity index (χ2v) is 3.96. The summed E-state index contributed by atoms with van der Waals surface area (Å²) in [6, 6.07) is 12.8. The highest BCUT2D eigenvalue weighted by Gasteiger charge is 2.00. The third kappa shape index (κ3) is 2.83. The first kappa shape index (κ1) is 12.0. The van der Waals surface area contributed by atoms with Crippen molar-refractivity contribution >= 4 is 11.8 Å². The molecule has 2 aromatic carbocycles. The average molecular weight is 241 g/mol. The van der Waals surface area contributed by atoms with Crippen LogP contribution >= 0.6 is 0 Å². The number of hydrogen-bond acceptors (Lipinski definition) is 3. The van der Waals surface area contributed by atoms with E-state index in [0.717, 1.165) is 11.1 Å². The number of nitrogen functional groups attached to an aromatic ring is 1. The number of hydrogen-bond donors (Lipinski definition) is 2. The summed E-state index contributed by atoms with van der Waals surface area (Å²) in [5, 5.41) is 9.45. The van der Waals surface area contributed by atoms with Crippen molar-refractivity contribution < 1.29 is 9.84 Å². The van der Waals surface area contributed by atoms with Crippen LogP contribution in [0.25, 0.3) is 6.08 Å². The molecule has 0 fully saturated rings. The van der Waals surface area contributed by atoms with E-state index in [0.29, 0.717) is 18.0 Å². The molecule has 18 heavy (non-hydrogen) atoms. The highest BCUT2D eigenvalue weighted by atomic mass is 16.5. The van der Waals surface area contributed by atoms with Crippen LogP contribution in [0.3, 0.4) is 0 Å².